The van der Waals surface area contributed by atoms with Crippen molar-refractivity contribution < 1.29 is 14.7 Å². The number of allylic oxidation sites excluding steroid dienone is 1. The molecular formula is C9H11N3O3. The Kier molecular flexibility index (Phi) is 3.61. The van der Waals surface area contributed by atoms with Gasteiger partial charge in [-0.05, 0) is 6.07 Å². The molecule has 0 aliphatic rings. The van der Waals surface area contributed by atoms with E-state index < -0.39 is 5.97 Å². The quantitative estimate of drug-likeness (QED) is 0.677. The third-order valence-electron chi connectivity index (χ3n) is 1.65. The lowest BCUT2D eigenvalue weighted by Crippen LogP contribution is -2.18. The minimum absolute atomic E-state index is 0.268. The molecule has 15 heavy (non-hydrogen) atoms. The fraction of sp³-hybridized carbons (Fsp3) is 0.222. The summed E-state index contributed by atoms with van der Waals surface area (Å²) in [5.74, 6) is -1.27. The van der Waals surface area contributed by atoms with E-state index in [4.69, 9.17) is 5.11 Å². The van der Waals surface area contributed by atoms with Crippen molar-refractivity contribution in [1.82, 2.24) is 15.1 Å². The molecule has 1 aromatic rings. The summed E-state index contributed by atoms with van der Waals surface area (Å²) in [4.78, 5) is 21.3. The standard InChI is InChI=1S/C9H11N3O3/c1-10-9(15)7-4-6-12(11-7)5-2-3-8(13)14/h2-4,6H,5H2,1H3,(H,10,15)(H,13,14)/b3-2+. The van der Waals surface area contributed by atoms with E-state index in [1.54, 1.807) is 12.3 Å². The number of aliphatic carboxylic acids is 1. The number of hydrogen-bond acceptors (Lipinski definition) is 3. The molecule has 2 N–H and O–H groups in total. The maximum absolute atomic E-state index is 11.1. The van der Waals surface area contributed by atoms with Crippen LogP contribution in [-0.2, 0) is 11.3 Å². The van der Waals surface area contributed by atoms with Gasteiger partial charge in [0.15, 0.2) is 0 Å². The number of amides is 1. The molecule has 0 aromatic carbocycles. The van der Waals surface area contributed by atoms with E-state index in [0.717, 1.165) is 6.08 Å². The predicted molar refractivity (Wildman–Crippen MR) is 52.4 cm³/mol. The lowest BCUT2D eigenvalue weighted by Gasteiger charge is -1.94. The van der Waals surface area contributed by atoms with Gasteiger partial charge in [0.2, 0.25) is 0 Å². The first-order valence-corrected chi connectivity index (χ1v) is 4.28. The minimum atomic E-state index is -1.01. The fourth-order valence-electron chi connectivity index (χ4n) is 0.974. The van der Waals surface area contributed by atoms with Crippen molar-refractivity contribution in [3.8, 4) is 0 Å². The predicted octanol–water partition coefficient (Wildman–Crippen LogP) is -0.117. The van der Waals surface area contributed by atoms with Gasteiger partial charge in [-0.3, -0.25) is 9.48 Å². The number of nitrogens with zero attached hydrogens (tertiary/aromatic N) is 2. The van der Waals surface area contributed by atoms with Gasteiger partial charge in [-0.2, -0.15) is 5.10 Å². The molecule has 0 saturated heterocycles. The summed E-state index contributed by atoms with van der Waals surface area (Å²) in [6.45, 7) is 0.323. The summed E-state index contributed by atoms with van der Waals surface area (Å²) >= 11 is 0. The van der Waals surface area contributed by atoms with Crippen LogP contribution in [0.25, 0.3) is 0 Å². The lowest BCUT2D eigenvalue weighted by molar-refractivity contribution is -0.131. The molecule has 1 amide bonds. The van der Waals surface area contributed by atoms with Crippen molar-refractivity contribution in [3.05, 3.63) is 30.1 Å². The van der Waals surface area contributed by atoms with E-state index in [0.29, 0.717) is 12.2 Å². The summed E-state index contributed by atoms with van der Waals surface area (Å²) in [6.07, 6.45) is 4.08. The van der Waals surface area contributed by atoms with Crippen LogP contribution in [0.3, 0.4) is 0 Å². The topological polar surface area (TPSA) is 84.2 Å². The molecule has 6 heteroatoms. The Morgan fingerprint density at radius 3 is 3.00 bits per heavy atom. The smallest absolute Gasteiger partial charge is 0.328 e. The highest BCUT2D eigenvalue weighted by atomic mass is 16.4. The molecule has 1 heterocycles. The highest BCUT2D eigenvalue weighted by Crippen LogP contribution is 1.95. The largest absolute Gasteiger partial charge is 0.478 e. The molecule has 1 aromatic heterocycles. The number of carboxylic acids is 1. The summed E-state index contributed by atoms with van der Waals surface area (Å²) in [5.41, 5.74) is 0.307. The monoisotopic (exact) mass is 209 g/mol. The van der Waals surface area contributed by atoms with Crippen molar-refractivity contribution in [2.45, 2.75) is 6.54 Å². The zero-order valence-corrected chi connectivity index (χ0v) is 8.17. The van der Waals surface area contributed by atoms with Crippen LogP contribution < -0.4 is 5.32 Å². The number of rotatable bonds is 4. The molecule has 0 aliphatic carbocycles. The Balaban J connectivity index is 2.61. The minimum Gasteiger partial charge on any atom is -0.478 e. The summed E-state index contributed by atoms with van der Waals surface area (Å²) in [5, 5.41) is 14.7. The summed E-state index contributed by atoms with van der Waals surface area (Å²) in [7, 11) is 1.52. The van der Waals surface area contributed by atoms with Gasteiger partial charge in [0.1, 0.15) is 5.69 Å². The number of nitrogens with one attached hydrogen (secondary N) is 1. The van der Waals surface area contributed by atoms with Crippen molar-refractivity contribution in [1.29, 1.82) is 0 Å². The molecule has 0 fully saturated rings. The van der Waals surface area contributed by atoms with Crippen LogP contribution in [0.2, 0.25) is 0 Å². The van der Waals surface area contributed by atoms with E-state index in [9.17, 15) is 9.59 Å². The Bertz CT molecular complexity index is 395. The van der Waals surface area contributed by atoms with E-state index in [2.05, 4.69) is 10.4 Å². The van der Waals surface area contributed by atoms with E-state index in [-0.39, 0.29) is 5.91 Å². The van der Waals surface area contributed by atoms with Crippen molar-refractivity contribution in [2.24, 2.45) is 0 Å². The first-order chi connectivity index (χ1) is 7.13. The molecule has 0 atom stereocenters. The van der Waals surface area contributed by atoms with E-state index in [1.165, 1.54) is 17.8 Å². The maximum atomic E-state index is 11.1. The number of hydrogen-bond donors (Lipinski definition) is 2. The van der Waals surface area contributed by atoms with E-state index >= 15 is 0 Å². The second-order valence-electron chi connectivity index (χ2n) is 2.74. The Morgan fingerprint density at radius 1 is 1.67 bits per heavy atom. The van der Waals surface area contributed by atoms with Crippen LogP contribution in [0.15, 0.2) is 24.4 Å². The number of carbonyl (C=O) groups is 2. The molecule has 0 aliphatic heterocycles. The van der Waals surface area contributed by atoms with Gasteiger partial charge in [0.25, 0.3) is 5.91 Å². The average molecular weight is 209 g/mol. The van der Waals surface area contributed by atoms with Crippen LogP contribution in [0, 0.1) is 0 Å². The molecule has 1 rings (SSSR count). The van der Waals surface area contributed by atoms with Gasteiger partial charge < -0.3 is 10.4 Å². The summed E-state index contributed by atoms with van der Waals surface area (Å²) < 4.78 is 1.48. The van der Waals surface area contributed by atoms with Crippen molar-refractivity contribution in [3.63, 3.8) is 0 Å². The van der Waals surface area contributed by atoms with Crippen LogP contribution in [-0.4, -0.2) is 33.8 Å². The molecule has 0 unspecified atom stereocenters. The Hall–Kier alpha value is -2.11. The number of carboxylic acid groups (broad SMARTS) is 1. The highest BCUT2D eigenvalue weighted by molar-refractivity contribution is 5.91. The van der Waals surface area contributed by atoms with E-state index in [1.807, 2.05) is 0 Å². The zero-order chi connectivity index (χ0) is 11.3. The molecule has 0 radical (unpaired) electrons. The van der Waals surface area contributed by atoms with Crippen LogP contribution in [0.1, 0.15) is 10.5 Å². The van der Waals surface area contributed by atoms with Gasteiger partial charge in [-0.15, -0.1) is 0 Å². The maximum Gasteiger partial charge on any atom is 0.328 e. The first kappa shape index (κ1) is 11.0. The van der Waals surface area contributed by atoms with Gasteiger partial charge in [0.05, 0.1) is 6.54 Å². The SMILES string of the molecule is CNC(=O)c1ccn(C/C=C/C(=O)O)n1. The molecule has 80 valence electrons. The second kappa shape index (κ2) is 4.94. The molecule has 0 saturated carbocycles. The second-order valence-corrected chi connectivity index (χ2v) is 2.74. The van der Waals surface area contributed by atoms with Crippen molar-refractivity contribution in [2.75, 3.05) is 7.05 Å². The lowest BCUT2D eigenvalue weighted by atomic mass is 10.4. The first-order valence-electron chi connectivity index (χ1n) is 4.28. The fourth-order valence-corrected chi connectivity index (χ4v) is 0.974. The zero-order valence-electron chi connectivity index (χ0n) is 8.17. The van der Waals surface area contributed by atoms with Crippen LogP contribution in [0.4, 0.5) is 0 Å². The average Bonchev–Trinajstić information content (AvgIpc) is 2.65. The molecular weight excluding hydrogens is 198 g/mol. The molecule has 6 nitrogen and oxygen atoms in total. The third kappa shape index (κ3) is 3.26. The summed E-state index contributed by atoms with van der Waals surface area (Å²) in [6, 6.07) is 1.56. The normalized spacial score (nSPS) is 10.5. The number of aromatic nitrogens is 2. The van der Waals surface area contributed by atoms with Crippen LogP contribution in [0.5, 0.6) is 0 Å². The van der Waals surface area contributed by atoms with Gasteiger partial charge in [-0.1, -0.05) is 6.08 Å². The molecule has 0 bridgehead atoms. The van der Waals surface area contributed by atoms with Crippen molar-refractivity contribution >= 4 is 11.9 Å². The number of carbonyl (C=O) groups excluding carboxylic acids is 1. The third-order valence-corrected chi connectivity index (χ3v) is 1.65. The van der Waals surface area contributed by atoms with Gasteiger partial charge in [0, 0.05) is 19.3 Å². The van der Waals surface area contributed by atoms with Gasteiger partial charge >= 0.3 is 5.97 Å². The van der Waals surface area contributed by atoms with Gasteiger partial charge in [-0.25, -0.2) is 4.79 Å². The Labute approximate surface area is 86.2 Å². The Morgan fingerprint density at radius 2 is 2.40 bits per heavy atom. The highest BCUT2D eigenvalue weighted by Gasteiger charge is 2.05. The molecule has 0 spiro atoms. The van der Waals surface area contributed by atoms with Crippen LogP contribution >= 0.6 is 0 Å².